The summed E-state index contributed by atoms with van der Waals surface area (Å²) >= 11 is 0. The summed E-state index contributed by atoms with van der Waals surface area (Å²) in [5.41, 5.74) is 1.02. The summed E-state index contributed by atoms with van der Waals surface area (Å²) in [5.74, 6) is 0.116. The first kappa shape index (κ1) is 11.0. The van der Waals surface area contributed by atoms with Crippen LogP contribution in [0.15, 0.2) is 24.8 Å². The van der Waals surface area contributed by atoms with E-state index in [2.05, 4.69) is 11.3 Å². The third-order valence-electron chi connectivity index (χ3n) is 2.53. The van der Waals surface area contributed by atoms with E-state index < -0.39 is 6.36 Å². The van der Waals surface area contributed by atoms with Crippen molar-refractivity contribution in [2.24, 2.45) is 0 Å². The summed E-state index contributed by atoms with van der Waals surface area (Å²) in [5, 5.41) is 0. The fourth-order valence-corrected chi connectivity index (χ4v) is 1.68. The molecule has 0 aliphatic heterocycles. The van der Waals surface area contributed by atoms with E-state index in [9.17, 15) is 13.2 Å². The minimum atomic E-state index is -4.65. The van der Waals surface area contributed by atoms with E-state index in [4.69, 9.17) is 0 Å². The number of hydrogen-bond donors (Lipinski definition) is 0. The standard InChI is InChI=1S/C12H11F3O/c1-2-8-4-3-5-10(9-6-7-9)11(8)16-12(13,14)15/h2-5,9H,1,6-7H2. The van der Waals surface area contributed by atoms with Gasteiger partial charge in [0.05, 0.1) is 0 Å². The van der Waals surface area contributed by atoms with Crippen LogP contribution in [0.4, 0.5) is 13.2 Å². The molecule has 0 radical (unpaired) electrons. The Balaban J connectivity index is 2.41. The van der Waals surface area contributed by atoms with Crippen molar-refractivity contribution in [2.75, 3.05) is 0 Å². The minimum Gasteiger partial charge on any atom is -0.405 e. The third kappa shape index (κ3) is 2.38. The van der Waals surface area contributed by atoms with E-state index in [0.29, 0.717) is 11.1 Å². The molecule has 86 valence electrons. The highest BCUT2D eigenvalue weighted by atomic mass is 19.4. The molecule has 0 aromatic heterocycles. The molecular weight excluding hydrogens is 217 g/mol. The molecule has 0 unspecified atom stereocenters. The number of rotatable bonds is 3. The topological polar surface area (TPSA) is 9.23 Å². The van der Waals surface area contributed by atoms with Crippen molar-refractivity contribution in [3.05, 3.63) is 35.9 Å². The smallest absolute Gasteiger partial charge is 0.405 e. The number of para-hydroxylation sites is 1. The molecule has 0 saturated heterocycles. The Kier molecular flexibility index (Phi) is 2.66. The molecule has 0 amide bonds. The summed E-state index contributed by atoms with van der Waals surface area (Å²) in [6.07, 6.45) is -1.42. The van der Waals surface area contributed by atoms with E-state index in [1.165, 1.54) is 6.08 Å². The van der Waals surface area contributed by atoms with E-state index in [-0.39, 0.29) is 11.7 Å². The van der Waals surface area contributed by atoms with Crippen LogP contribution in [0, 0.1) is 0 Å². The van der Waals surface area contributed by atoms with Gasteiger partial charge in [-0.25, -0.2) is 0 Å². The van der Waals surface area contributed by atoms with Crippen molar-refractivity contribution in [2.45, 2.75) is 25.1 Å². The quantitative estimate of drug-likeness (QED) is 0.756. The summed E-state index contributed by atoms with van der Waals surface area (Å²) in [6.45, 7) is 3.50. The van der Waals surface area contributed by atoms with E-state index in [1.807, 2.05) is 0 Å². The number of ether oxygens (including phenoxy) is 1. The Morgan fingerprint density at radius 2 is 2.00 bits per heavy atom. The molecule has 0 N–H and O–H groups in total. The Bertz CT molecular complexity index is 405. The molecule has 1 aromatic carbocycles. The average Bonchev–Trinajstić information content (AvgIpc) is 2.99. The second-order valence-corrected chi connectivity index (χ2v) is 3.79. The maximum Gasteiger partial charge on any atom is 0.573 e. The van der Waals surface area contributed by atoms with Crippen LogP contribution < -0.4 is 4.74 Å². The third-order valence-corrected chi connectivity index (χ3v) is 2.53. The van der Waals surface area contributed by atoms with Crippen LogP contribution in [0.25, 0.3) is 6.08 Å². The zero-order valence-electron chi connectivity index (χ0n) is 8.55. The lowest BCUT2D eigenvalue weighted by Crippen LogP contribution is -2.18. The Morgan fingerprint density at radius 1 is 1.31 bits per heavy atom. The van der Waals surface area contributed by atoms with Crippen molar-refractivity contribution < 1.29 is 17.9 Å². The summed E-state index contributed by atoms with van der Waals surface area (Å²) in [4.78, 5) is 0. The SMILES string of the molecule is C=Cc1cccc(C2CC2)c1OC(F)(F)F. The van der Waals surface area contributed by atoms with Gasteiger partial charge in [0.2, 0.25) is 0 Å². The first-order valence-corrected chi connectivity index (χ1v) is 5.02. The van der Waals surface area contributed by atoms with E-state index >= 15 is 0 Å². The van der Waals surface area contributed by atoms with Crippen LogP contribution in [-0.4, -0.2) is 6.36 Å². The van der Waals surface area contributed by atoms with Crippen molar-refractivity contribution in [3.63, 3.8) is 0 Å². The van der Waals surface area contributed by atoms with Gasteiger partial charge in [0.1, 0.15) is 5.75 Å². The fourth-order valence-electron chi connectivity index (χ4n) is 1.68. The predicted molar refractivity (Wildman–Crippen MR) is 55.2 cm³/mol. The van der Waals surface area contributed by atoms with E-state index in [0.717, 1.165) is 12.8 Å². The van der Waals surface area contributed by atoms with Crippen LogP contribution in [0.3, 0.4) is 0 Å². The van der Waals surface area contributed by atoms with Crippen LogP contribution in [-0.2, 0) is 0 Å². The largest absolute Gasteiger partial charge is 0.573 e. The zero-order valence-corrected chi connectivity index (χ0v) is 8.55. The molecule has 1 nitrogen and oxygen atoms in total. The maximum atomic E-state index is 12.3. The second-order valence-electron chi connectivity index (χ2n) is 3.79. The summed E-state index contributed by atoms with van der Waals surface area (Å²) in [7, 11) is 0. The Labute approximate surface area is 91.5 Å². The molecule has 0 spiro atoms. The molecule has 4 heteroatoms. The normalized spacial score (nSPS) is 15.9. The van der Waals surface area contributed by atoms with Gasteiger partial charge in [-0.2, -0.15) is 0 Å². The van der Waals surface area contributed by atoms with Gasteiger partial charge in [0.25, 0.3) is 0 Å². The average molecular weight is 228 g/mol. The number of benzene rings is 1. The lowest BCUT2D eigenvalue weighted by atomic mass is 10.1. The highest BCUT2D eigenvalue weighted by Crippen LogP contribution is 2.46. The molecule has 1 aromatic rings. The molecule has 2 rings (SSSR count). The van der Waals surface area contributed by atoms with Crippen LogP contribution in [0.2, 0.25) is 0 Å². The number of hydrogen-bond acceptors (Lipinski definition) is 1. The molecular formula is C12H11F3O. The van der Waals surface area contributed by atoms with E-state index in [1.54, 1.807) is 18.2 Å². The van der Waals surface area contributed by atoms with Gasteiger partial charge in [-0.3, -0.25) is 0 Å². The molecule has 1 fully saturated rings. The summed E-state index contributed by atoms with van der Waals surface area (Å²) < 4.78 is 40.9. The lowest BCUT2D eigenvalue weighted by molar-refractivity contribution is -0.275. The first-order chi connectivity index (χ1) is 7.51. The van der Waals surface area contributed by atoms with Crippen molar-refractivity contribution in [1.82, 2.24) is 0 Å². The molecule has 0 heterocycles. The van der Waals surface area contributed by atoms with Crippen LogP contribution in [0.1, 0.15) is 29.9 Å². The molecule has 16 heavy (non-hydrogen) atoms. The number of alkyl halides is 3. The predicted octanol–water partition coefficient (Wildman–Crippen LogP) is 4.11. The van der Waals surface area contributed by atoms with Crippen molar-refractivity contribution >= 4 is 6.08 Å². The van der Waals surface area contributed by atoms with Gasteiger partial charge in [-0.05, 0) is 24.3 Å². The molecule has 1 aliphatic rings. The monoisotopic (exact) mass is 228 g/mol. The Morgan fingerprint density at radius 3 is 2.50 bits per heavy atom. The highest BCUT2D eigenvalue weighted by molar-refractivity contribution is 5.60. The van der Waals surface area contributed by atoms with Crippen molar-refractivity contribution in [1.29, 1.82) is 0 Å². The van der Waals surface area contributed by atoms with Crippen LogP contribution in [0.5, 0.6) is 5.75 Å². The molecule has 1 saturated carbocycles. The zero-order chi connectivity index (χ0) is 11.8. The molecule has 1 aliphatic carbocycles. The minimum absolute atomic E-state index is 0.0903. The maximum absolute atomic E-state index is 12.3. The van der Waals surface area contributed by atoms with Gasteiger partial charge >= 0.3 is 6.36 Å². The van der Waals surface area contributed by atoms with Gasteiger partial charge in [-0.15, -0.1) is 13.2 Å². The summed E-state index contributed by atoms with van der Waals surface area (Å²) in [6, 6.07) is 4.99. The van der Waals surface area contributed by atoms with Gasteiger partial charge in [0, 0.05) is 5.56 Å². The van der Waals surface area contributed by atoms with Crippen molar-refractivity contribution in [3.8, 4) is 5.75 Å². The van der Waals surface area contributed by atoms with Crippen LogP contribution >= 0.6 is 0 Å². The fraction of sp³-hybridized carbons (Fsp3) is 0.333. The Hall–Kier alpha value is -1.45. The first-order valence-electron chi connectivity index (χ1n) is 5.02. The highest BCUT2D eigenvalue weighted by Gasteiger charge is 2.35. The van der Waals surface area contributed by atoms with Gasteiger partial charge in [0.15, 0.2) is 0 Å². The molecule has 0 atom stereocenters. The molecule has 0 bridgehead atoms. The lowest BCUT2D eigenvalue weighted by Gasteiger charge is -2.15. The second kappa shape index (κ2) is 3.85. The van der Waals surface area contributed by atoms with Gasteiger partial charge in [-0.1, -0.05) is 30.9 Å². The van der Waals surface area contributed by atoms with Gasteiger partial charge < -0.3 is 4.74 Å². The number of halogens is 3.